The maximum Gasteiger partial charge on any atom is 0.698 e. The zero-order valence-corrected chi connectivity index (χ0v) is 14.0. The maximum absolute atomic E-state index is 11.8. The first-order chi connectivity index (χ1) is 12.2. The fourth-order valence-corrected chi connectivity index (χ4v) is 3.02. The van der Waals surface area contributed by atoms with Crippen molar-refractivity contribution in [3.63, 3.8) is 0 Å². The highest BCUT2D eigenvalue weighted by Gasteiger charge is 2.33. The molecule has 2 aromatic rings. The molecular weight excluding hydrogens is 322 g/mol. The van der Waals surface area contributed by atoms with Gasteiger partial charge in [0.25, 0.3) is 0 Å². The molecule has 25 heavy (non-hydrogen) atoms. The molecule has 130 valence electrons. The molecule has 0 heterocycles. The molecular formula is C19H20NO5+. The van der Waals surface area contributed by atoms with Crippen LogP contribution in [0.3, 0.4) is 0 Å². The van der Waals surface area contributed by atoms with Crippen LogP contribution in [0.5, 0.6) is 0 Å². The van der Waals surface area contributed by atoms with Gasteiger partial charge >= 0.3 is 11.0 Å². The third kappa shape index (κ3) is 3.69. The van der Waals surface area contributed by atoms with E-state index in [1.165, 1.54) is 0 Å². The zero-order valence-electron chi connectivity index (χ0n) is 14.0. The molecule has 0 radical (unpaired) electrons. The van der Waals surface area contributed by atoms with Crippen LogP contribution < -0.4 is 0 Å². The minimum Gasteiger partial charge on any atom is -0.404 e. The lowest BCUT2D eigenvalue weighted by Gasteiger charge is -2.11. The molecule has 0 saturated carbocycles. The lowest BCUT2D eigenvalue weighted by atomic mass is 9.98. The van der Waals surface area contributed by atoms with E-state index in [9.17, 15) is 9.70 Å². The van der Waals surface area contributed by atoms with Crippen molar-refractivity contribution >= 4 is 6.09 Å². The van der Waals surface area contributed by atoms with Crippen molar-refractivity contribution in [2.45, 2.75) is 12.8 Å². The summed E-state index contributed by atoms with van der Waals surface area (Å²) in [6, 6.07) is 16.0. The topological polar surface area (TPSA) is 64.8 Å². The normalized spacial score (nSPS) is 12.4. The van der Waals surface area contributed by atoms with Crippen molar-refractivity contribution in [2.24, 2.45) is 0 Å². The van der Waals surface area contributed by atoms with Gasteiger partial charge in [-0.05, 0) is 29.2 Å². The number of amides is 1. The zero-order chi connectivity index (χ0) is 17.6. The molecule has 0 saturated heterocycles. The smallest absolute Gasteiger partial charge is 0.404 e. The summed E-state index contributed by atoms with van der Waals surface area (Å²) in [7, 11) is 0. The fraction of sp³-hybridized carbons (Fsp3) is 0.316. The Morgan fingerprint density at radius 2 is 1.60 bits per heavy atom. The van der Waals surface area contributed by atoms with Gasteiger partial charge in [0.05, 0.1) is 11.5 Å². The third-order valence-electron chi connectivity index (χ3n) is 4.13. The molecule has 0 spiro atoms. The first kappa shape index (κ1) is 17.1. The van der Waals surface area contributed by atoms with Crippen LogP contribution in [0.25, 0.3) is 11.1 Å². The van der Waals surface area contributed by atoms with E-state index in [2.05, 4.69) is 0 Å². The number of benzene rings is 2. The van der Waals surface area contributed by atoms with Gasteiger partial charge in [-0.15, -0.1) is 0 Å². The highest BCUT2D eigenvalue weighted by atomic mass is 16.8. The van der Waals surface area contributed by atoms with Crippen molar-refractivity contribution in [3.8, 4) is 11.1 Å². The van der Waals surface area contributed by atoms with Gasteiger partial charge in [0.15, 0.2) is 6.61 Å². The Labute approximate surface area is 145 Å². The van der Waals surface area contributed by atoms with Gasteiger partial charge in [0.1, 0.15) is 6.61 Å². The molecule has 0 bridgehead atoms. The van der Waals surface area contributed by atoms with E-state index in [0.717, 1.165) is 22.3 Å². The number of fused-ring (bicyclic) bond motifs is 3. The second-order valence-corrected chi connectivity index (χ2v) is 5.59. The van der Waals surface area contributed by atoms with Crippen LogP contribution >= 0.6 is 0 Å². The lowest BCUT2D eigenvalue weighted by molar-refractivity contribution is -0.740. The van der Waals surface area contributed by atoms with Gasteiger partial charge in [0, 0.05) is 12.5 Å². The van der Waals surface area contributed by atoms with E-state index in [1.54, 1.807) is 0 Å². The van der Waals surface area contributed by atoms with Crippen LogP contribution in [0.4, 0.5) is 4.79 Å². The number of hydrogen-bond acceptors (Lipinski definition) is 5. The number of carbonyl (C=O) groups is 1. The summed E-state index contributed by atoms with van der Waals surface area (Å²) in [5.41, 5.74) is 4.44. The largest absolute Gasteiger partial charge is 0.698 e. The average Bonchev–Trinajstić information content (AvgIpc) is 2.97. The Bertz CT molecular complexity index is 728. The molecule has 0 unspecified atom stereocenters. The molecule has 0 aromatic heterocycles. The number of rotatable bonds is 7. The predicted octanol–water partition coefficient (Wildman–Crippen LogP) is 3.68. The summed E-state index contributed by atoms with van der Waals surface area (Å²) in [5.74, 6) is -0.0897. The minimum absolute atomic E-state index is 0.00152. The van der Waals surface area contributed by atoms with Gasteiger partial charge in [-0.2, -0.15) is 4.79 Å². The fourth-order valence-electron chi connectivity index (χ4n) is 3.02. The molecule has 1 aliphatic rings. The van der Waals surface area contributed by atoms with Gasteiger partial charge in [-0.25, -0.2) is 4.84 Å². The molecule has 1 amide bonds. The van der Waals surface area contributed by atoms with E-state index in [-0.39, 0.29) is 30.7 Å². The van der Waals surface area contributed by atoms with Gasteiger partial charge in [-0.3, -0.25) is 0 Å². The molecule has 0 atom stereocenters. The van der Waals surface area contributed by atoms with E-state index >= 15 is 0 Å². The van der Waals surface area contributed by atoms with Crippen molar-refractivity contribution < 1.29 is 24.0 Å². The SMILES string of the molecule is CCOCCO[N+](=O)C(=O)OCC1c2ccccc2-c2ccccc21. The van der Waals surface area contributed by atoms with Crippen molar-refractivity contribution in [1.82, 2.24) is 0 Å². The summed E-state index contributed by atoms with van der Waals surface area (Å²) in [4.78, 5) is 28.0. The number of ether oxygens (including phenoxy) is 2. The minimum atomic E-state index is -1.06. The second kappa shape index (κ2) is 7.90. The van der Waals surface area contributed by atoms with Crippen LogP contribution in [0.1, 0.15) is 24.0 Å². The second-order valence-electron chi connectivity index (χ2n) is 5.59. The van der Waals surface area contributed by atoms with Crippen LogP contribution in [0.2, 0.25) is 0 Å². The van der Waals surface area contributed by atoms with Gasteiger partial charge in [-0.1, -0.05) is 48.5 Å². The lowest BCUT2D eigenvalue weighted by Crippen LogP contribution is -2.23. The first-order valence-electron chi connectivity index (χ1n) is 8.25. The molecule has 0 N–H and O–H groups in total. The van der Waals surface area contributed by atoms with Gasteiger partial charge < -0.3 is 9.47 Å². The Morgan fingerprint density at radius 3 is 2.20 bits per heavy atom. The molecule has 3 rings (SSSR count). The van der Waals surface area contributed by atoms with Crippen molar-refractivity contribution in [1.29, 1.82) is 0 Å². The molecule has 0 fully saturated rings. The number of carbonyl (C=O) groups excluding carboxylic acids is 1. The van der Waals surface area contributed by atoms with Crippen molar-refractivity contribution in [3.05, 3.63) is 64.6 Å². The molecule has 2 aromatic carbocycles. The predicted molar refractivity (Wildman–Crippen MR) is 91.1 cm³/mol. The summed E-state index contributed by atoms with van der Waals surface area (Å²) in [6.07, 6.45) is -1.06. The van der Waals surface area contributed by atoms with Gasteiger partial charge in [0.2, 0.25) is 0 Å². The van der Waals surface area contributed by atoms with E-state index < -0.39 is 6.09 Å². The average molecular weight is 342 g/mol. The van der Waals surface area contributed by atoms with Crippen molar-refractivity contribution in [2.75, 3.05) is 26.4 Å². The number of nitrogens with zero attached hydrogens (tertiary/aromatic N) is 1. The van der Waals surface area contributed by atoms with E-state index in [1.807, 2.05) is 55.5 Å². The maximum atomic E-state index is 11.8. The Morgan fingerprint density at radius 1 is 1.00 bits per heavy atom. The van der Waals surface area contributed by atoms with Crippen LogP contribution in [-0.4, -0.2) is 37.4 Å². The van der Waals surface area contributed by atoms with Crippen LogP contribution in [0.15, 0.2) is 48.5 Å². The van der Waals surface area contributed by atoms with Crippen LogP contribution in [0, 0.1) is 4.91 Å². The number of hydrogen-bond donors (Lipinski definition) is 0. The van der Waals surface area contributed by atoms with E-state index in [0.29, 0.717) is 6.61 Å². The van der Waals surface area contributed by atoms with Crippen LogP contribution in [-0.2, 0) is 14.3 Å². The quantitative estimate of drug-likeness (QED) is 0.567. The molecule has 0 aliphatic heterocycles. The highest BCUT2D eigenvalue weighted by Crippen LogP contribution is 2.44. The first-order valence-corrected chi connectivity index (χ1v) is 8.25. The third-order valence-corrected chi connectivity index (χ3v) is 4.13. The summed E-state index contributed by atoms with van der Waals surface area (Å²) >= 11 is 0. The molecule has 1 aliphatic carbocycles. The molecule has 6 nitrogen and oxygen atoms in total. The Hall–Kier alpha value is -2.73. The summed E-state index contributed by atoms with van der Waals surface area (Å²) in [5, 5.41) is 0. The summed E-state index contributed by atoms with van der Waals surface area (Å²) in [6.45, 7) is 2.68. The highest BCUT2D eigenvalue weighted by molar-refractivity contribution is 5.78. The summed E-state index contributed by atoms with van der Waals surface area (Å²) < 4.78 is 10.2. The standard InChI is InChI=1S/C19H20NO5/c1-2-23-11-12-25-20(22)19(21)24-13-18-16-9-5-3-7-14(16)15-8-4-6-10-17(15)18/h3-10,18H,2,11-13H2,1H3/q+1. The Kier molecular flexibility index (Phi) is 5.40. The monoisotopic (exact) mass is 342 g/mol. The molecule has 6 heteroatoms. The Balaban J connectivity index is 1.63. The van der Waals surface area contributed by atoms with E-state index in [4.69, 9.17) is 14.3 Å².